The van der Waals surface area contributed by atoms with E-state index in [1.54, 1.807) is 0 Å². The van der Waals surface area contributed by atoms with E-state index in [1.807, 2.05) is 6.92 Å². The molecule has 0 bridgehead atoms. The molecule has 0 N–H and O–H groups in total. The average molecular weight is 413 g/mol. The van der Waals surface area contributed by atoms with Gasteiger partial charge in [-0.15, -0.1) is 0 Å². The average Bonchev–Trinajstić information content (AvgIpc) is 2.66. The number of hydrogen-bond acceptors (Lipinski definition) is 2. The predicted octanol–water partition coefficient (Wildman–Crippen LogP) is 7.67. The summed E-state index contributed by atoms with van der Waals surface area (Å²) in [5.74, 6) is -0.0695. The summed E-state index contributed by atoms with van der Waals surface area (Å²) in [5, 5.41) is 0. The van der Waals surface area contributed by atoms with Crippen molar-refractivity contribution in [3.05, 3.63) is 0 Å². The van der Waals surface area contributed by atoms with Crippen LogP contribution in [0.5, 0.6) is 0 Å². The molecule has 0 aromatic rings. The zero-order chi connectivity index (χ0) is 21.6. The van der Waals surface area contributed by atoms with E-state index in [0.29, 0.717) is 13.2 Å². The molecule has 0 rings (SSSR count). The number of esters is 1. The maximum absolute atomic E-state index is 11.6. The number of unbranched alkanes of at least 4 members (excludes halogenated alkanes) is 17. The van der Waals surface area contributed by atoms with E-state index in [9.17, 15) is 4.79 Å². The van der Waals surface area contributed by atoms with E-state index in [-0.39, 0.29) is 5.97 Å². The van der Waals surface area contributed by atoms with Crippen molar-refractivity contribution in [3.63, 3.8) is 0 Å². The number of rotatable bonds is 22. The molecule has 0 aromatic carbocycles. The van der Waals surface area contributed by atoms with Gasteiger partial charge in [-0.05, 0) is 19.8 Å². The first-order valence-corrected chi connectivity index (χ1v) is 13.0. The maximum Gasteiger partial charge on any atom is 0.361 e. The molecule has 174 valence electrons. The van der Waals surface area contributed by atoms with Crippen LogP contribution in [-0.2, 0) is 9.53 Å². The first-order valence-electron chi connectivity index (χ1n) is 13.0. The van der Waals surface area contributed by atoms with E-state index in [0.717, 1.165) is 11.0 Å². The fourth-order valence-corrected chi connectivity index (χ4v) is 4.08. The summed E-state index contributed by atoms with van der Waals surface area (Å²) < 4.78 is 5.81. The monoisotopic (exact) mass is 412 g/mol. The normalized spacial score (nSPS) is 11.7. The Balaban J connectivity index is 3.25. The number of ether oxygens (including phenoxy) is 1. The van der Waals surface area contributed by atoms with Crippen molar-refractivity contribution < 1.29 is 14.0 Å². The van der Waals surface area contributed by atoms with Crippen molar-refractivity contribution in [1.29, 1.82) is 0 Å². The Kier molecular flexibility index (Phi) is 20.3. The van der Waals surface area contributed by atoms with Gasteiger partial charge < -0.3 is 9.22 Å². The van der Waals surface area contributed by atoms with Gasteiger partial charge in [0.25, 0.3) is 0 Å². The molecular weight excluding hydrogens is 358 g/mol. The number of nitrogens with zero attached hydrogens (tertiary/aromatic N) is 1. The summed E-state index contributed by atoms with van der Waals surface area (Å²) in [6.45, 7) is 6.20. The summed E-state index contributed by atoms with van der Waals surface area (Å²) >= 11 is 0. The smallest absolute Gasteiger partial charge is 0.361 e. The Morgan fingerprint density at radius 3 is 1.28 bits per heavy atom. The number of hydrogen-bond donors (Lipinski definition) is 0. The van der Waals surface area contributed by atoms with Crippen molar-refractivity contribution in [3.8, 4) is 0 Å². The van der Waals surface area contributed by atoms with Gasteiger partial charge in [0, 0.05) is 0 Å². The van der Waals surface area contributed by atoms with Gasteiger partial charge in [-0.1, -0.05) is 110 Å². The molecule has 0 unspecified atom stereocenters. The van der Waals surface area contributed by atoms with Crippen LogP contribution in [-0.4, -0.2) is 44.2 Å². The summed E-state index contributed by atoms with van der Waals surface area (Å²) in [4.78, 5) is 11.6. The highest BCUT2D eigenvalue weighted by Gasteiger charge is 2.20. The zero-order valence-electron chi connectivity index (χ0n) is 20.6. The highest BCUT2D eigenvalue weighted by molar-refractivity contribution is 5.70. The van der Waals surface area contributed by atoms with Crippen molar-refractivity contribution in [2.75, 3.05) is 33.8 Å². The molecule has 0 heterocycles. The van der Waals surface area contributed by atoms with Crippen LogP contribution in [0.3, 0.4) is 0 Å². The second-order valence-corrected chi connectivity index (χ2v) is 9.63. The molecule has 0 fully saturated rings. The van der Waals surface area contributed by atoms with Crippen LogP contribution in [0.1, 0.15) is 129 Å². The van der Waals surface area contributed by atoms with Crippen LogP contribution in [0.2, 0.25) is 0 Å². The number of quaternary nitrogens is 1. The summed E-state index contributed by atoms with van der Waals surface area (Å²) in [5.41, 5.74) is 0. The Bertz CT molecular complexity index is 355. The molecule has 29 heavy (non-hydrogen) atoms. The van der Waals surface area contributed by atoms with Gasteiger partial charge in [0.05, 0.1) is 27.2 Å². The van der Waals surface area contributed by atoms with Gasteiger partial charge in [0.2, 0.25) is 0 Å². The predicted molar refractivity (Wildman–Crippen MR) is 127 cm³/mol. The Labute approximate surface area is 183 Å². The van der Waals surface area contributed by atoms with Gasteiger partial charge >= 0.3 is 5.97 Å². The van der Waals surface area contributed by atoms with E-state index in [1.165, 1.54) is 116 Å². The Morgan fingerprint density at radius 2 is 0.931 bits per heavy atom. The van der Waals surface area contributed by atoms with Gasteiger partial charge in [-0.2, -0.15) is 0 Å². The van der Waals surface area contributed by atoms with Crippen LogP contribution in [0.4, 0.5) is 0 Å². The van der Waals surface area contributed by atoms with Crippen LogP contribution >= 0.6 is 0 Å². The lowest BCUT2D eigenvalue weighted by atomic mass is 10.0. The highest BCUT2D eigenvalue weighted by Crippen LogP contribution is 2.14. The molecule has 0 atom stereocenters. The Hall–Kier alpha value is -0.570. The minimum Gasteiger partial charge on any atom is -0.462 e. The van der Waals surface area contributed by atoms with Crippen molar-refractivity contribution in [1.82, 2.24) is 0 Å². The molecule has 0 aliphatic rings. The van der Waals surface area contributed by atoms with Gasteiger partial charge in [0.1, 0.15) is 0 Å². The second-order valence-electron chi connectivity index (χ2n) is 9.63. The topological polar surface area (TPSA) is 26.3 Å². The molecule has 3 nitrogen and oxygen atoms in total. The third kappa shape index (κ3) is 21.9. The largest absolute Gasteiger partial charge is 0.462 e. The van der Waals surface area contributed by atoms with Gasteiger partial charge in [-0.25, -0.2) is 4.79 Å². The lowest BCUT2D eigenvalue weighted by Gasteiger charge is -2.28. The Morgan fingerprint density at radius 1 is 0.586 bits per heavy atom. The highest BCUT2D eigenvalue weighted by atomic mass is 16.5. The fourth-order valence-electron chi connectivity index (χ4n) is 4.08. The lowest BCUT2D eigenvalue weighted by molar-refractivity contribution is -0.883. The molecular formula is C26H54NO2+. The SMILES string of the molecule is CCCCCCCCCCCCCCCCCCCC[N+](C)(C)CC(=O)OCC. The van der Waals surface area contributed by atoms with Crippen molar-refractivity contribution in [2.45, 2.75) is 129 Å². The molecule has 0 aliphatic heterocycles. The molecule has 0 amide bonds. The van der Waals surface area contributed by atoms with Crippen molar-refractivity contribution >= 4 is 5.97 Å². The third-order valence-corrected chi connectivity index (χ3v) is 5.98. The summed E-state index contributed by atoms with van der Waals surface area (Å²) in [6, 6.07) is 0. The molecule has 0 saturated heterocycles. The summed E-state index contributed by atoms with van der Waals surface area (Å²) in [6.07, 6.45) is 25.3. The summed E-state index contributed by atoms with van der Waals surface area (Å²) in [7, 11) is 4.26. The standard InChI is InChI=1S/C26H54NO2/c1-5-7-8-9-10-11-12-13-14-15-16-17-18-19-20-21-22-23-24-27(3,4)25-26(28)29-6-2/h5-25H2,1-4H3/q+1. The van der Waals surface area contributed by atoms with Gasteiger partial charge in [-0.3, -0.25) is 0 Å². The molecule has 0 aromatic heterocycles. The minimum atomic E-state index is -0.0695. The molecule has 0 spiro atoms. The zero-order valence-corrected chi connectivity index (χ0v) is 20.6. The number of carbonyl (C=O) groups is 1. The molecule has 0 radical (unpaired) electrons. The van der Waals surface area contributed by atoms with E-state index >= 15 is 0 Å². The van der Waals surface area contributed by atoms with E-state index < -0.39 is 0 Å². The van der Waals surface area contributed by atoms with E-state index in [4.69, 9.17) is 4.74 Å². The van der Waals surface area contributed by atoms with Gasteiger partial charge in [0.15, 0.2) is 6.54 Å². The second kappa shape index (κ2) is 20.7. The first kappa shape index (κ1) is 28.4. The quantitative estimate of drug-likeness (QED) is 0.104. The first-order chi connectivity index (χ1) is 14.0. The molecule has 0 saturated carbocycles. The number of carbonyl (C=O) groups excluding carboxylic acids is 1. The molecule has 3 heteroatoms. The minimum absolute atomic E-state index is 0.0695. The van der Waals surface area contributed by atoms with E-state index in [2.05, 4.69) is 21.0 Å². The maximum atomic E-state index is 11.6. The third-order valence-electron chi connectivity index (χ3n) is 5.98. The van der Waals surface area contributed by atoms with Crippen molar-refractivity contribution in [2.24, 2.45) is 0 Å². The van der Waals surface area contributed by atoms with Crippen LogP contribution in [0.15, 0.2) is 0 Å². The lowest BCUT2D eigenvalue weighted by Crippen LogP contribution is -2.45. The van der Waals surface area contributed by atoms with Crippen LogP contribution in [0, 0.1) is 0 Å². The van der Waals surface area contributed by atoms with Crippen LogP contribution < -0.4 is 0 Å². The number of likely N-dealkylation sites (N-methyl/N-ethyl adjacent to an activating group) is 1. The van der Waals surface area contributed by atoms with Crippen LogP contribution in [0.25, 0.3) is 0 Å². The fraction of sp³-hybridized carbons (Fsp3) is 0.962. The molecule has 0 aliphatic carbocycles.